The predicted octanol–water partition coefficient (Wildman–Crippen LogP) is 1.47. The van der Waals surface area contributed by atoms with Gasteiger partial charge in [-0.1, -0.05) is 29.8 Å². The lowest BCUT2D eigenvalue weighted by Crippen LogP contribution is -2.05. The monoisotopic (exact) mass is 137 g/mol. The van der Waals surface area contributed by atoms with Crippen LogP contribution >= 0.6 is 0 Å². The van der Waals surface area contributed by atoms with E-state index < -0.39 is 0 Å². The number of nitrogens with one attached hydrogen (secondary N) is 1. The summed E-state index contributed by atoms with van der Waals surface area (Å²) in [5.74, 6) is 0. The lowest BCUT2D eigenvalue weighted by Gasteiger charge is -1.97. The average Bonchev–Trinajstić information content (AvgIpc) is 1.95. The van der Waals surface area contributed by atoms with Crippen LogP contribution in [0.4, 0.5) is 0 Å². The van der Waals surface area contributed by atoms with Crippen molar-refractivity contribution in [2.75, 3.05) is 0 Å². The molecule has 0 aliphatic heterocycles. The molecule has 0 bridgehead atoms. The maximum absolute atomic E-state index is 8.34. The fourth-order valence-electron chi connectivity index (χ4n) is 0.797. The summed E-state index contributed by atoms with van der Waals surface area (Å²) < 4.78 is 0. The summed E-state index contributed by atoms with van der Waals surface area (Å²) >= 11 is 0. The number of rotatable bonds is 2. The third kappa shape index (κ3) is 1.83. The van der Waals surface area contributed by atoms with Gasteiger partial charge in [-0.3, -0.25) is 0 Å². The van der Waals surface area contributed by atoms with E-state index in [1.807, 2.05) is 31.2 Å². The van der Waals surface area contributed by atoms with Crippen LogP contribution in [0.3, 0.4) is 0 Å². The third-order valence-electron chi connectivity index (χ3n) is 1.40. The summed E-state index contributed by atoms with van der Waals surface area (Å²) in [6.45, 7) is 2.55. The van der Waals surface area contributed by atoms with Crippen LogP contribution in [0.1, 0.15) is 11.1 Å². The van der Waals surface area contributed by atoms with Crippen molar-refractivity contribution in [2.45, 2.75) is 13.5 Å². The average molecular weight is 137 g/mol. The molecule has 0 amide bonds. The summed E-state index contributed by atoms with van der Waals surface area (Å²) in [6, 6.07) is 8.01. The molecule has 2 nitrogen and oxygen atoms in total. The van der Waals surface area contributed by atoms with E-state index in [0.29, 0.717) is 6.54 Å². The molecule has 54 valence electrons. The molecule has 0 radical (unpaired) electrons. The SMILES string of the molecule is Cc1ccc(CNO)cc1. The fraction of sp³-hybridized carbons (Fsp3) is 0.250. The zero-order valence-electron chi connectivity index (χ0n) is 5.96. The van der Waals surface area contributed by atoms with Gasteiger partial charge in [0.05, 0.1) is 0 Å². The van der Waals surface area contributed by atoms with Crippen molar-refractivity contribution in [2.24, 2.45) is 0 Å². The summed E-state index contributed by atoms with van der Waals surface area (Å²) in [5, 5.41) is 8.34. The number of benzene rings is 1. The summed E-state index contributed by atoms with van der Waals surface area (Å²) in [4.78, 5) is 0. The van der Waals surface area contributed by atoms with Crippen LogP contribution < -0.4 is 5.48 Å². The van der Waals surface area contributed by atoms with E-state index in [2.05, 4.69) is 5.48 Å². The molecule has 0 aliphatic rings. The van der Waals surface area contributed by atoms with Crippen LogP contribution in [0.2, 0.25) is 0 Å². The van der Waals surface area contributed by atoms with E-state index in [1.165, 1.54) is 5.56 Å². The van der Waals surface area contributed by atoms with Crippen molar-refractivity contribution in [1.29, 1.82) is 0 Å². The fourth-order valence-corrected chi connectivity index (χ4v) is 0.797. The van der Waals surface area contributed by atoms with Gasteiger partial charge in [-0.15, -0.1) is 0 Å². The van der Waals surface area contributed by atoms with Gasteiger partial charge < -0.3 is 5.21 Å². The van der Waals surface area contributed by atoms with Crippen molar-refractivity contribution in [1.82, 2.24) is 5.48 Å². The molecule has 2 N–H and O–H groups in total. The van der Waals surface area contributed by atoms with E-state index >= 15 is 0 Å². The van der Waals surface area contributed by atoms with Crippen molar-refractivity contribution in [3.63, 3.8) is 0 Å². The minimum atomic E-state index is 0.514. The van der Waals surface area contributed by atoms with E-state index in [1.54, 1.807) is 0 Å². The van der Waals surface area contributed by atoms with Gasteiger partial charge >= 0.3 is 0 Å². The minimum Gasteiger partial charge on any atom is -0.316 e. The molecule has 0 atom stereocenters. The van der Waals surface area contributed by atoms with E-state index in [0.717, 1.165) is 5.56 Å². The Morgan fingerprint density at radius 3 is 2.40 bits per heavy atom. The van der Waals surface area contributed by atoms with Crippen LogP contribution in [0.15, 0.2) is 24.3 Å². The molecular weight excluding hydrogens is 126 g/mol. The second-order valence-corrected chi connectivity index (χ2v) is 2.32. The summed E-state index contributed by atoms with van der Waals surface area (Å²) in [5.41, 5.74) is 4.43. The summed E-state index contributed by atoms with van der Waals surface area (Å²) in [7, 11) is 0. The highest BCUT2D eigenvalue weighted by Crippen LogP contribution is 2.01. The van der Waals surface area contributed by atoms with Crippen LogP contribution in [0.5, 0.6) is 0 Å². The molecule has 0 fully saturated rings. The molecule has 0 unspecified atom stereocenters. The molecule has 2 heteroatoms. The lowest BCUT2D eigenvalue weighted by atomic mass is 10.2. The quantitative estimate of drug-likeness (QED) is 0.605. The standard InChI is InChI=1S/C8H11NO/c1-7-2-4-8(5-3-7)6-9-10/h2-5,9-10H,6H2,1H3. The van der Waals surface area contributed by atoms with Crippen molar-refractivity contribution >= 4 is 0 Å². The maximum atomic E-state index is 8.34. The number of hydrogen-bond acceptors (Lipinski definition) is 2. The zero-order chi connectivity index (χ0) is 7.40. The lowest BCUT2D eigenvalue weighted by molar-refractivity contribution is 0.161. The molecule has 0 aliphatic carbocycles. The Bertz CT molecular complexity index is 193. The van der Waals surface area contributed by atoms with Gasteiger partial charge in [0.1, 0.15) is 0 Å². The van der Waals surface area contributed by atoms with Gasteiger partial charge in [-0.05, 0) is 12.5 Å². The minimum absolute atomic E-state index is 0.514. The molecule has 10 heavy (non-hydrogen) atoms. The van der Waals surface area contributed by atoms with Crippen LogP contribution in [-0.4, -0.2) is 5.21 Å². The molecule has 0 heterocycles. The zero-order valence-corrected chi connectivity index (χ0v) is 5.96. The Labute approximate surface area is 60.5 Å². The van der Waals surface area contributed by atoms with Gasteiger partial charge in [0, 0.05) is 6.54 Å². The molecular formula is C8H11NO. The first-order chi connectivity index (χ1) is 4.83. The molecule has 1 aromatic rings. The van der Waals surface area contributed by atoms with Gasteiger partial charge in [0.15, 0.2) is 0 Å². The summed E-state index contributed by atoms with van der Waals surface area (Å²) in [6.07, 6.45) is 0. The first kappa shape index (κ1) is 7.25. The highest BCUT2D eigenvalue weighted by molar-refractivity contribution is 5.20. The van der Waals surface area contributed by atoms with Crippen molar-refractivity contribution in [3.8, 4) is 0 Å². The Hall–Kier alpha value is -0.860. The molecule has 1 rings (SSSR count). The Kier molecular flexibility index (Phi) is 2.42. The second-order valence-electron chi connectivity index (χ2n) is 2.32. The highest BCUT2D eigenvalue weighted by Gasteiger charge is 1.88. The Morgan fingerprint density at radius 2 is 1.90 bits per heavy atom. The number of hydroxylamine groups is 1. The molecule has 0 spiro atoms. The topological polar surface area (TPSA) is 32.3 Å². The molecule has 0 aromatic heterocycles. The van der Waals surface area contributed by atoms with Gasteiger partial charge in [0.2, 0.25) is 0 Å². The van der Waals surface area contributed by atoms with E-state index in [9.17, 15) is 0 Å². The largest absolute Gasteiger partial charge is 0.316 e. The molecule has 0 saturated heterocycles. The van der Waals surface area contributed by atoms with Crippen LogP contribution in [-0.2, 0) is 6.54 Å². The number of aryl methyl sites for hydroxylation is 1. The van der Waals surface area contributed by atoms with Crippen molar-refractivity contribution < 1.29 is 5.21 Å². The maximum Gasteiger partial charge on any atom is 0.0458 e. The highest BCUT2D eigenvalue weighted by atomic mass is 16.5. The van der Waals surface area contributed by atoms with Crippen molar-refractivity contribution in [3.05, 3.63) is 35.4 Å². The predicted molar refractivity (Wildman–Crippen MR) is 39.8 cm³/mol. The van der Waals surface area contributed by atoms with Gasteiger partial charge in [0.25, 0.3) is 0 Å². The first-order valence-corrected chi connectivity index (χ1v) is 3.25. The normalized spacial score (nSPS) is 9.80. The van der Waals surface area contributed by atoms with Gasteiger partial charge in [-0.2, -0.15) is 0 Å². The number of hydrogen-bond donors (Lipinski definition) is 2. The first-order valence-electron chi connectivity index (χ1n) is 3.25. The Balaban J connectivity index is 2.69. The van der Waals surface area contributed by atoms with Crippen LogP contribution in [0.25, 0.3) is 0 Å². The third-order valence-corrected chi connectivity index (χ3v) is 1.40. The Morgan fingerprint density at radius 1 is 1.30 bits per heavy atom. The molecule has 0 saturated carbocycles. The smallest absolute Gasteiger partial charge is 0.0458 e. The van der Waals surface area contributed by atoms with Crippen LogP contribution in [0, 0.1) is 6.92 Å². The second kappa shape index (κ2) is 3.34. The van der Waals surface area contributed by atoms with E-state index in [4.69, 9.17) is 5.21 Å². The van der Waals surface area contributed by atoms with Gasteiger partial charge in [-0.25, -0.2) is 5.48 Å². The van der Waals surface area contributed by atoms with E-state index in [-0.39, 0.29) is 0 Å². The molecule has 1 aromatic carbocycles.